The van der Waals surface area contributed by atoms with Crippen molar-refractivity contribution in [1.82, 2.24) is 15.1 Å². The van der Waals surface area contributed by atoms with E-state index in [0.717, 1.165) is 18.7 Å². The Morgan fingerprint density at radius 1 is 1.64 bits per heavy atom. The van der Waals surface area contributed by atoms with Crippen LogP contribution in [0.4, 0.5) is 0 Å². The normalized spacial score (nSPS) is 13.1. The molecule has 1 aromatic rings. The fourth-order valence-corrected chi connectivity index (χ4v) is 1.31. The molecule has 0 saturated heterocycles. The van der Waals surface area contributed by atoms with Crippen LogP contribution in [0.5, 0.6) is 0 Å². The van der Waals surface area contributed by atoms with E-state index in [-0.39, 0.29) is 6.04 Å². The van der Waals surface area contributed by atoms with Crippen LogP contribution < -0.4 is 11.1 Å². The third-order valence-corrected chi connectivity index (χ3v) is 2.22. The molecule has 0 saturated carbocycles. The molecule has 0 amide bonds. The lowest BCUT2D eigenvalue weighted by atomic mass is 10.2. The fraction of sp³-hybridized carbons (Fsp3) is 0.700. The lowest BCUT2D eigenvalue weighted by molar-refractivity contribution is 0.578. The van der Waals surface area contributed by atoms with Crippen molar-refractivity contribution in [1.29, 1.82) is 0 Å². The van der Waals surface area contributed by atoms with Crippen LogP contribution in [0.2, 0.25) is 0 Å². The van der Waals surface area contributed by atoms with Crippen molar-refractivity contribution in [2.75, 3.05) is 13.1 Å². The molecular weight excluding hydrogens is 176 g/mol. The smallest absolute Gasteiger partial charge is 0.0537 e. The van der Waals surface area contributed by atoms with Crippen LogP contribution in [0.1, 0.15) is 31.4 Å². The topological polar surface area (TPSA) is 55.9 Å². The van der Waals surface area contributed by atoms with Crippen LogP contribution in [0.25, 0.3) is 0 Å². The summed E-state index contributed by atoms with van der Waals surface area (Å²) < 4.78 is 1.78. The van der Waals surface area contributed by atoms with E-state index in [1.54, 1.807) is 4.68 Å². The second-order valence-electron chi connectivity index (χ2n) is 3.61. The number of nitrogens with zero attached hydrogens (tertiary/aromatic N) is 2. The van der Waals surface area contributed by atoms with E-state index in [9.17, 15) is 0 Å². The number of aryl methyl sites for hydroxylation is 1. The van der Waals surface area contributed by atoms with Crippen LogP contribution in [0, 0.1) is 0 Å². The van der Waals surface area contributed by atoms with Gasteiger partial charge in [-0.1, -0.05) is 13.3 Å². The zero-order valence-corrected chi connectivity index (χ0v) is 9.03. The van der Waals surface area contributed by atoms with Crippen LogP contribution >= 0.6 is 0 Å². The molecule has 0 radical (unpaired) electrons. The van der Waals surface area contributed by atoms with E-state index >= 15 is 0 Å². The Bertz CT molecular complexity index is 256. The first-order valence-electron chi connectivity index (χ1n) is 5.19. The first kappa shape index (κ1) is 11.2. The van der Waals surface area contributed by atoms with Gasteiger partial charge in [0.2, 0.25) is 0 Å². The zero-order valence-electron chi connectivity index (χ0n) is 9.03. The summed E-state index contributed by atoms with van der Waals surface area (Å²) in [5.74, 6) is 0. The number of hydrogen-bond acceptors (Lipinski definition) is 3. The molecule has 1 unspecified atom stereocenters. The van der Waals surface area contributed by atoms with Gasteiger partial charge in [-0.3, -0.25) is 4.68 Å². The minimum absolute atomic E-state index is 0.0561. The number of unbranched alkanes of at least 4 members (excludes halogenated alkanes) is 1. The number of nitrogens with two attached hydrogens (primary N) is 1. The Morgan fingerprint density at radius 3 is 3.00 bits per heavy atom. The highest BCUT2D eigenvalue weighted by Crippen LogP contribution is 2.06. The van der Waals surface area contributed by atoms with Gasteiger partial charge in [-0.05, 0) is 13.0 Å². The van der Waals surface area contributed by atoms with E-state index in [1.165, 1.54) is 12.8 Å². The monoisotopic (exact) mass is 196 g/mol. The third kappa shape index (κ3) is 3.47. The third-order valence-electron chi connectivity index (χ3n) is 2.22. The van der Waals surface area contributed by atoms with Gasteiger partial charge >= 0.3 is 0 Å². The summed E-state index contributed by atoms with van der Waals surface area (Å²) in [6, 6.07) is 0.0561. The number of hydrogen-bond donors (Lipinski definition) is 2. The summed E-state index contributed by atoms with van der Waals surface area (Å²) in [6.45, 7) is 4.05. The Balaban J connectivity index is 2.25. The van der Waals surface area contributed by atoms with Crippen molar-refractivity contribution in [2.24, 2.45) is 12.8 Å². The van der Waals surface area contributed by atoms with Crippen molar-refractivity contribution in [3.05, 3.63) is 18.0 Å². The van der Waals surface area contributed by atoms with Crippen molar-refractivity contribution < 1.29 is 0 Å². The van der Waals surface area contributed by atoms with Crippen molar-refractivity contribution in [2.45, 2.75) is 25.8 Å². The maximum Gasteiger partial charge on any atom is 0.0537 e. The number of nitrogens with one attached hydrogen (secondary N) is 1. The maximum absolute atomic E-state index is 5.97. The number of rotatable bonds is 6. The van der Waals surface area contributed by atoms with E-state index in [4.69, 9.17) is 5.73 Å². The summed E-state index contributed by atoms with van der Waals surface area (Å²) in [5.41, 5.74) is 7.07. The van der Waals surface area contributed by atoms with Crippen LogP contribution in [0.15, 0.2) is 12.4 Å². The predicted octanol–water partition coefficient (Wildman–Crippen LogP) is 0.810. The Hall–Kier alpha value is -0.870. The highest BCUT2D eigenvalue weighted by molar-refractivity contribution is 5.09. The maximum atomic E-state index is 5.97. The first-order valence-corrected chi connectivity index (χ1v) is 5.19. The largest absolute Gasteiger partial charge is 0.323 e. The highest BCUT2D eigenvalue weighted by Gasteiger charge is 2.06. The van der Waals surface area contributed by atoms with Gasteiger partial charge in [-0.2, -0.15) is 5.10 Å². The SMILES string of the molecule is CCCCNCC(N)c1cnn(C)c1. The Kier molecular flexibility index (Phi) is 4.62. The molecule has 0 aliphatic rings. The van der Waals surface area contributed by atoms with Gasteiger partial charge in [0.05, 0.1) is 6.20 Å². The molecule has 1 heterocycles. The fourth-order valence-electron chi connectivity index (χ4n) is 1.31. The van der Waals surface area contributed by atoms with Gasteiger partial charge < -0.3 is 11.1 Å². The molecule has 0 aliphatic heterocycles. The van der Waals surface area contributed by atoms with Gasteiger partial charge in [-0.25, -0.2) is 0 Å². The van der Waals surface area contributed by atoms with Crippen molar-refractivity contribution in [3.63, 3.8) is 0 Å². The molecule has 1 rings (SSSR count). The molecule has 80 valence electrons. The van der Waals surface area contributed by atoms with Gasteiger partial charge in [0.25, 0.3) is 0 Å². The minimum Gasteiger partial charge on any atom is -0.323 e. The molecule has 4 heteroatoms. The number of aromatic nitrogens is 2. The van der Waals surface area contributed by atoms with Crippen molar-refractivity contribution >= 4 is 0 Å². The van der Waals surface area contributed by atoms with E-state index in [1.807, 2.05) is 19.4 Å². The Morgan fingerprint density at radius 2 is 2.43 bits per heavy atom. The van der Waals surface area contributed by atoms with Crippen LogP contribution in [-0.2, 0) is 7.05 Å². The van der Waals surface area contributed by atoms with E-state index in [0.29, 0.717) is 0 Å². The summed E-state index contributed by atoms with van der Waals surface area (Å²) in [4.78, 5) is 0. The molecule has 0 bridgehead atoms. The predicted molar refractivity (Wildman–Crippen MR) is 57.9 cm³/mol. The standard InChI is InChI=1S/C10H20N4/c1-3-4-5-12-7-10(11)9-6-13-14(2)8-9/h6,8,10,12H,3-5,7,11H2,1-2H3. The summed E-state index contributed by atoms with van der Waals surface area (Å²) in [6.07, 6.45) is 6.22. The molecule has 4 nitrogen and oxygen atoms in total. The van der Waals surface area contributed by atoms with Gasteiger partial charge in [-0.15, -0.1) is 0 Å². The molecule has 1 atom stereocenters. The molecule has 0 spiro atoms. The van der Waals surface area contributed by atoms with Crippen LogP contribution in [0.3, 0.4) is 0 Å². The zero-order chi connectivity index (χ0) is 10.4. The quantitative estimate of drug-likeness (QED) is 0.662. The average Bonchev–Trinajstić information content (AvgIpc) is 2.59. The summed E-state index contributed by atoms with van der Waals surface area (Å²) in [7, 11) is 1.90. The highest BCUT2D eigenvalue weighted by atomic mass is 15.2. The summed E-state index contributed by atoms with van der Waals surface area (Å²) >= 11 is 0. The second-order valence-corrected chi connectivity index (χ2v) is 3.61. The molecule has 3 N–H and O–H groups in total. The van der Waals surface area contributed by atoms with E-state index in [2.05, 4.69) is 17.3 Å². The average molecular weight is 196 g/mol. The van der Waals surface area contributed by atoms with Gasteiger partial charge in [0.15, 0.2) is 0 Å². The molecule has 0 aromatic carbocycles. The summed E-state index contributed by atoms with van der Waals surface area (Å²) in [5, 5.41) is 7.42. The molecule has 0 aliphatic carbocycles. The lowest BCUT2D eigenvalue weighted by Crippen LogP contribution is -2.27. The van der Waals surface area contributed by atoms with Gasteiger partial charge in [0, 0.05) is 31.4 Å². The van der Waals surface area contributed by atoms with Crippen LogP contribution in [-0.4, -0.2) is 22.9 Å². The van der Waals surface area contributed by atoms with E-state index < -0.39 is 0 Å². The Labute approximate surface area is 85.5 Å². The minimum atomic E-state index is 0.0561. The lowest BCUT2D eigenvalue weighted by Gasteiger charge is -2.10. The molecule has 0 fully saturated rings. The van der Waals surface area contributed by atoms with Crippen molar-refractivity contribution in [3.8, 4) is 0 Å². The molecule has 1 aromatic heterocycles. The second kappa shape index (κ2) is 5.78. The molecule has 14 heavy (non-hydrogen) atoms. The van der Waals surface area contributed by atoms with Gasteiger partial charge in [0.1, 0.15) is 0 Å². The first-order chi connectivity index (χ1) is 6.74. The molecular formula is C10H20N4.